The van der Waals surface area contributed by atoms with Crippen molar-refractivity contribution < 1.29 is 19.1 Å². The van der Waals surface area contributed by atoms with Crippen LogP contribution in [-0.4, -0.2) is 41.2 Å². The Balaban J connectivity index is 1.79. The van der Waals surface area contributed by atoms with Gasteiger partial charge in [0, 0.05) is 32.5 Å². The summed E-state index contributed by atoms with van der Waals surface area (Å²) in [6.07, 6.45) is 1.63. The molecule has 0 saturated carbocycles. The number of benzene rings is 1. The highest BCUT2D eigenvalue weighted by Gasteiger charge is 2.38. The molecule has 6 heteroatoms. The summed E-state index contributed by atoms with van der Waals surface area (Å²) in [6.45, 7) is 3.58. The van der Waals surface area contributed by atoms with Crippen LogP contribution in [0.5, 0.6) is 5.75 Å². The van der Waals surface area contributed by atoms with Crippen LogP contribution < -0.4 is 4.74 Å². The number of ether oxygens (including phenoxy) is 1. The van der Waals surface area contributed by atoms with Crippen LogP contribution in [0.3, 0.4) is 0 Å². The van der Waals surface area contributed by atoms with Crippen molar-refractivity contribution in [3.05, 3.63) is 47.7 Å². The van der Waals surface area contributed by atoms with Crippen LogP contribution in [0.1, 0.15) is 23.1 Å². The summed E-state index contributed by atoms with van der Waals surface area (Å²) in [5.74, 6) is 0.109. The molecular formula is C17H20N2O4. The third kappa shape index (κ3) is 3.37. The van der Waals surface area contributed by atoms with E-state index in [4.69, 9.17) is 9.15 Å². The van der Waals surface area contributed by atoms with Crippen LogP contribution in [0.2, 0.25) is 0 Å². The number of carboxylic acids is 1. The normalized spacial score (nSPS) is 21.5. The molecule has 1 fully saturated rings. The second-order valence-electron chi connectivity index (χ2n) is 5.88. The SMILES string of the molecule is COc1cccc([C@H]2CN(Cc3coc(C)n3)C[C@@H]2C(=O)O)c1. The Kier molecular flexibility index (Phi) is 4.34. The van der Waals surface area contributed by atoms with Crippen LogP contribution >= 0.6 is 0 Å². The predicted molar refractivity (Wildman–Crippen MR) is 83.4 cm³/mol. The quantitative estimate of drug-likeness (QED) is 0.912. The minimum atomic E-state index is -0.767. The molecular weight excluding hydrogens is 296 g/mol. The number of hydrogen-bond donors (Lipinski definition) is 1. The van der Waals surface area contributed by atoms with Crippen molar-refractivity contribution in [1.29, 1.82) is 0 Å². The highest BCUT2D eigenvalue weighted by Crippen LogP contribution is 2.35. The summed E-state index contributed by atoms with van der Waals surface area (Å²) in [5, 5.41) is 9.57. The standard InChI is InChI=1S/C17H20N2O4/c1-11-18-13(10-23-11)7-19-8-15(16(9-19)17(20)21)12-4-3-5-14(6-12)22-2/h3-6,10,15-16H,7-9H2,1-2H3,(H,20,21)/t15-,16+/m1/s1. The van der Waals surface area contributed by atoms with Gasteiger partial charge in [0.2, 0.25) is 0 Å². The summed E-state index contributed by atoms with van der Waals surface area (Å²) in [7, 11) is 1.61. The lowest BCUT2D eigenvalue weighted by molar-refractivity contribution is -0.141. The molecule has 0 aliphatic carbocycles. The van der Waals surface area contributed by atoms with Crippen LogP contribution in [0.25, 0.3) is 0 Å². The van der Waals surface area contributed by atoms with Gasteiger partial charge < -0.3 is 14.3 Å². The Morgan fingerprint density at radius 1 is 1.48 bits per heavy atom. The zero-order valence-corrected chi connectivity index (χ0v) is 13.2. The summed E-state index contributed by atoms with van der Waals surface area (Å²) in [5.41, 5.74) is 1.83. The monoisotopic (exact) mass is 316 g/mol. The molecule has 2 heterocycles. The number of carbonyl (C=O) groups is 1. The fraction of sp³-hybridized carbons (Fsp3) is 0.412. The van der Waals surface area contributed by atoms with Gasteiger partial charge in [-0.3, -0.25) is 9.69 Å². The number of hydrogen-bond acceptors (Lipinski definition) is 5. The van der Waals surface area contributed by atoms with E-state index in [1.54, 1.807) is 20.3 Å². The van der Waals surface area contributed by atoms with Crippen molar-refractivity contribution >= 4 is 5.97 Å². The molecule has 23 heavy (non-hydrogen) atoms. The highest BCUT2D eigenvalue weighted by molar-refractivity contribution is 5.72. The molecule has 1 aromatic heterocycles. The van der Waals surface area contributed by atoms with Gasteiger partial charge in [0.15, 0.2) is 5.89 Å². The largest absolute Gasteiger partial charge is 0.497 e. The molecule has 6 nitrogen and oxygen atoms in total. The van der Waals surface area contributed by atoms with Crippen molar-refractivity contribution in [3.63, 3.8) is 0 Å². The van der Waals surface area contributed by atoms with Gasteiger partial charge in [-0.05, 0) is 17.7 Å². The first kappa shape index (κ1) is 15.6. The Morgan fingerprint density at radius 3 is 2.96 bits per heavy atom. The maximum Gasteiger partial charge on any atom is 0.308 e. The fourth-order valence-electron chi connectivity index (χ4n) is 3.18. The first-order valence-corrected chi connectivity index (χ1v) is 7.57. The minimum Gasteiger partial charge on any atom is -0.497 e. The molecule has 1 aromatic carbocycles. The predicted octanol–water partition coefficient (Wildman–Crippen LogP) is 2.29. The molecule has 1 saturated heterocycles. The third-order valence-electron chi connectivity index (χ3n) is 4.29. The summed E-state index contributed by atoms with van der Waals surface area (Å²) >= 11 is 0. The Bertz CT molecular complexity index is 697. The number of aryl methyl sites for hydroxylation is 1. The van der Waals surface area contributed by atoms with E-state index in [1.807, 2.05) is 24.3 Å². The van der Waals surface area contributed by atoms with Gasteiger partial charge in [0.1, 0.15) is 12.0 Å². The fourth-order valence-corrected chi connectivity index (χ4v) is 3.18. The number of likely N-dealkylation sites (tertiary alicyclic amines) is 1. The molecule has 0 amide bonds. The Labute approximate surface area is 134 Å². The molecule has 0 unspecified atom stereocenters. The van der Waals surface area contributed by atoms with Crippen molar-refractivity contribution in [1.82, 2.24) is 9.88 Å². The molecule has 1 aliphatic heterocycles. The summed E-state index contributed by atoms with van der Waals surface area (Å²) < 4.78 is 10.5. The van der Waals surface area contributed by atoms with Gasteiger partial charge in [-0.15, -0.1) is 0 Å². The lowest BCUT2D eigenvalue weighted by Gasteiger charge is -2.16. The topological polar surface area (TPSA) is 75.8 Å². The second-order valence-corrected chi connectivity index (χ2v) is 5.88. The van der Waals surface area contributed by atoms with E-state index >= 15 is 0 Å². The van der Waals surface area contributed by atoms with Gasteiger partial charge in [0.05, 0.1) is 18.7 Å². The lowest BCUT2D eigenvalue weighted by atomic mass is 9.89. The third-order valence-corrected chi connectivity index (χ3v) is 4.29. The van der Waals surface area contributed by atoms with Gasteiger partial charge >= 0.3 is 5.97 Å². The van der Waals surface area contributed by atoms with Gasteiger partial charge in [-0.1, -0.05) is 12.1 Å². The minimum absolute atomic E-state index is 0.0596. The van der Waals surface area contributed by atoms with E-state index in [9.17, 15) is 9.90 Å². The highest BCUT2D eigenvalue weighted by atomic mass is 16.5. The first-order valence-electron chi connectivity index (χ1n) is 7.57. The number of carboxylic acid groups (broad SMARTS) is 1. The summed E-state index contributed by atoms with van der Waals surface area (Å²) in [4.78, 5) is 18.1. The van der Waals surface area contributed by atoms with E-state index in [0.29, 0.717) is 25.5 Å². The zero-order chi connectivity index (χ0) is 16.4. The average Bonchev–Trinajstić information content (AvgIpc) is 3.14. The Morgan fingerprint density at radius 2 is 2.30 bits per heavy atom. The van der Waals surface area contributed by atoms with Crippen LogP contribution in [-0.2, 0) is 11.3 Å². The number of nitrogens with zero attached hydrogens (tertiary/aromatic N) is 2. The number of rotatable bonds is 5. The second kappa shape index (κ2) is 6.42. The van der Waals surface area contributed by atoms with Gasteiger partial charge in [-0.2, -0.15) is 0 Å². The van der Waals surface area contributed by atoms with E-state index in [1.165, 1.54) is 0 Å². The molecule has 0 bridgehead atoms. The maximum atomic E-state index is 11.6. The molecule has 2 aromatic rings. The molecule has 2 atom stereocenters. The number of aliphatic carboxylic acids is 1. The van der Waals surface area contributed by atoms with E-state index < -0.39 is 11.9 Å². The molecule has 122 valence electrons. The van der Waals surface area contributed by atoms with E-state index in [0.717, 1.165) is 17.0 Å². The molecule has 1 aliphatic rings. The molecule has 0 spiro atoms. The van der Waals surface area contributed by atoms with Crippen molar-refractivity contribution in [2.75, 3.05) is 20.2 Å². The summed E-state index contributed by atoms with van der Waals surface area (Å²) in [6, 6.07) is 7.65. The van der Waals surface area contributed by atoms with Crippen LogP contribution in [0.4, 0.5) is 0 Å². The van der Waals surface area contributed by atoms with Crippen LogP contribution in [0, 0.1) is 12.8 Å². The number of aromatic nitrogens is 1. The maximum absolute atomic E-state index is 11.6. The smallest absolute Gasteiger partial charge is 0.308 e. The Hall–Kier alpha value is -2.34. The molecule has 0 radical (unpaired) electrons. The molecule has 3 rings (SSSR count). The van der Waals surface area contributed by atoms with Gasteiger partial charge in [0.25, 0.3) is 0 Å². The van der Waals surface area contributed by atoms with E-state index in [2.05, 4.69) is 9.88 Å². The van der Waals surface area contributed by atoms with Crippen molar-refractivity contribution in [2.24, 2.45) is 5.92 Å². The number of methoxy groups -OCH3 is 1. The van der Waals surface area contributed by atoms with Crippen molar-refractivity contribution in [2.45, 2.75) is 19.4 Å². The number of oxazole rings is 1. The van der Waals surface area contributed by atoms with Gasteiger partial charge in [-0.25, -0.2) is 4.98 Å². The van der Waals surface area contributed by atoms with Crippen LogP contribution in [0.15, 0.2) is 34.9 Å². The first-order chi connectivity index (χ1) is 11.1. The van der Waals surface area contributed by atoms with Crippen molar-refractivity contribution in [3.8, 4) is 5.75 Å². The molecule has 1 N–H and O–H groups in total. The zero-order valence-electron chi connectivity index (χ0n) is 13.2. The lowest BCUT2D eigenvalue weighted by Crippen LogP contribution is -2.23. The average molecular weight is 316 g/mol. The van der Waals surface area contributed by atoms with E-state index in [-0.39, 0.29) is 5.92 Å².